The lowest BCUT2D eigenvalue weighted by atomic mass is 10.2. The fourth-order valence-corrected chi connectivity index (χ4v) is 1.70. The van der Waals surface area contributed by atoms with Crippen LogP contribution in [-0.2, 0) is 11.3 Å². The predicted octanol–water partition coefficient (Wildman–Crippen LogP) is 2.20. The lowest BCUT2D eigenvalue weighted by Gasteiger charge is -2.04. The molecule has 6 nitrogen and oxygen atoms in total. The number of benzene rings is 1. The van der Waals surface area contributed by atoms with Crippen LogP contribution in [0.15, 0.2) is 42.6 Å². The quantitative estimate of drug-likeness (QED) is 0.840. The standard InChI is InChI=1S/C17H13FN2O4/c18-15-10-20-13(9-14(15)16(21)22)7-4-8-19-17(23)24-11-12-5-2-1-3-6-12/h1-3,5-6,9-10H,8,11H2,(H,19,23)(H,21,22). The molecular weight excluding hydrogens is 315 g/mol. The van der Waals surface area contributed by atoms with Crippen LogP contribution in [0.1, 0.15) is 21.6 Å². The molecule has 24 heavy (non-hydrogen) atoms. The van der Waals surface area contributed by atoms with Crippen molar-refractivity contribution in [2.24, 2.45) is 0 Å². The second kappa shape index (κ2) is 8.29. The summed E-state index contributed by atoms with van der Waals surface area (Å²) in [4.78, 5) is 25.9. The minimum absolute atomic E-state index is 0.0188. The molecule has 0 saturated carbocycles. The Morgan fingerprint density at radius 1 is 1.29 bits per heavy atom. The van der Waals surface area contributed by atoms with Gasteiger partial charge in [-0.15, -0.1) is 0 Å². The molecule has 7 heteroatoms. The molecule has 0 spiro atoms. The highest BCUT2D eigenvalue weighted by Gasteiger charge is 2.10. The first-order chi connectivity index (χ1) is 11.6. The van der Waals surface area contributed by atoms with Crippen LogP contribution in [0.4, 0.5) is 9.18 Å². The molecule has 0 saturated heterocycles. The molecule has 2 aromatic rings. The summed E-state index contributed by atoms with van der Waals surface area (Å²) in [5.41, 5.74) is 0.438. The number of amides is 1. The fourth-order valence-electron chi connectivity index (χ4n) is 1.70. The topological polar surface area (TPSA) is 88.5 Å². The highest BCUT2D eigenvalue weighted by molar-refractivity contribution is 5.88. The Morgan fingerprint density at radius 3 is 2.75 bits per heavy atom. The number of carboxylic acid groups (broad SMARTS) is 1. The van der Waals surface area contributed by atoms with Gasteiger partial charge < -0.3 is 15.2 Å². The Labute approximate surface area is 137 Å². The largest absolute Gasteiger partial charge is 0.478 e. The molecule has 0 aliphatic carbocycles. The van der Waals surface area contributed by atoms with Crippen LogP contribution in [0.3, 0.4) is 0 Å². The van der Waals surface area contributed by atoms with E-state index in [0.717, 1.165) is 17.8 Å². The van der Waals surface area contributed by atoms with Gasteiger partial charge in [0.05, 0.1) is 18.3 Å². The summed E-state index contributed by atoms with van der Waals surface area (Å²) in [6.07, 6.45) is 0.154. The van der Waals surface area contributed by atoms with Gasteiger partial charge in [0.15, 0.2) is 5.82 Å². The van der Waals surface area contributed by atoms with Gasteiger partial charge in [-0.25, -0.2) is 19.0 Å². The second-order valence-electron chi connectivity index (χ2n) is 4.57. The molecule has 0 aliphatic rings. The molecule has 122 valence electrons. The van der Waals surface area contributed by atoms with Gasteiger partial charge in [-0.3, -0.25) is 0 Å². The van der Waals surface area contributed by atoms with E-state index in [2.05, 4.69) is 22.1 Å². The molecule has 2 N–H and O–H groups in total. The van der Waals surface area contributed by atoms with E-state index in [4.69, 9.17) is 9.84 Å². The average molecular weight is 328 g/mol. The molecule has 0 unspecified atom stereocenters. The fraction of sp³-hybridized carbons (Fsp3) is 0.118. The minimum atomic E-state index is -1.40. The van der Waals surface area contributed by atoms with E-state index in [-0.39, 0.29) is 18.8 Å². The van der Waals surface area contributed by atoms with Gasteiger partial charge in [-0.05, 0) is 17.6 Å². The zero-order valence-electron chi connectivity index (χ0n) is 12.5. The maximum Gasteiger partial charge on any atom is 0.408 e. The summed E-state index contributed by atoms with van der Waals surface area (Å²) in [5, 5.41) is 11.2. The number of aromatic nitrogens is 1. The van der Waals surface area contributed by atoms with Crippen LogP contribution >= 0.6 is 0 Å². The molecule has 0 radical (unpaired) electrons. The Balaban J connectivity index is 1.82. The minimum Gasteiger partial charge on any atom is -0.478 e. The monoisotopic (exact) mass is 328 g/mol. The summed E-state index contributed by atoms with van der Waals surface area (Å²) in [6, 6.07) is 10.2. The van der Waals surface area contributed by atoms with Crippen molar-refractivity contribution >= 4 is 12.1 Å². The molecule has 0 atom stereocenters. The summed E-state index contributed by atoms with van der Waals surface area (Å²) in [7, 11) is 0. The van der Waals surface area contributed by atoms with Gasteiger partial charge in [0.2, 0.25) is 0 Å². The van der Waals surface area contributed by atoms with Crippen molar-refractivity contribution in [3.63, 3.8) is 0 Å². The van der Waals surface area contributed by atoms with Gasteiger partial charge in [0.25, 0.3) is 0 Å². The molecule has 0 bridgehead atoms. The number of carboxylic acids is 1. The van der Waals surface area contributed by atoms with E-state index < -0.39 is 23.4 Å². The Hall–Kier alpha value is -3.40. The van der Waals surface area contributed by atoms with E-state index in [1.165, 1.54) is 0 Å². The van der Waals surface area contributed by atoms with Gasteiger partial charge in [-0.2, -0.15) is 0 Å². The molecular formula is C17H13FN2O4. The first kappa shape index (κ1) is 17.0. The van der Waals surface area contributed by atoms with Gasteiger partial charge in [0.1, 0.15) is 12.3 Å². The maximum atomic E-state index is 13.2. The maximum absolute atomic E-state index is 13.2. The molecule has 1 heterocycles. The third kappa shape index (κ3) is 5.10. The average Bonchev–Trinajstić information content (AvgIpc) is 2.59. The molecule has 0 aliphatic heterocycles. The Bertz CT molecular complexity index is 797. The number of carbonyl (C=O) groups excluding carboxylic acids is 1. The zero-order valence-corrected chi connectivity index (χ0v) is 12.5. The van der Waals surface area contributed by atoms with Crippen LogP contribution in [0.2, 0.25) is 0 Å². The van der Waals surface area contributed by atoms with E-state index in [1.54, 1.807) is 0 Å². The van der Waals surface area contributed by atoms with Crippen LogP contribution < -0.4 is 5.32 Å². The van der Waals surface area contributed by atoms with Crippen molar-refractivity contribution in [3.05, 3.63) is 65.2 Å². The van der Waals surface area contributed by atoms with E-state index in [0.29, 0.717) is 0 Å². The molecule has 2 rings (SSSR count). The summed E-state index contributed by atoms with van der Waals surface area (Å²) in [5.74, 6) is 2.77. The number of aromatic carboxylic acids is 1. The summed E-state index contributed by atoms with van der Waals surface area (Å²) in [6.45, 7) is 0.122. The van der Waals surface area contributed by atoms with E-state index >= 15 is 0 Å². The van der Waals surface area contributed by atoms with Crippen LogP contribution in [0, 0.1) is 17.7 Å². The first-order valence-electron chi connectivity index (χ1n) is 6.88. The first-order valence-corrected chi connectivity index (χ1v) is 6.88. The number of nitrogens with zero attached hydrogens (tertiary/aromatic N) is 1. The molecule has 1 aromatic carbocycles. The zero-order chi connectivity index (χ0) is 17.4. The molecule has 1 amide bonds. The van der Waals surface area contributed by atoms with Crippen LogP contribution in [0.5, 0.6) is 0 Å². The third-order valence-corrected chi connectivity index (χ3v) is 2.84. The number of ether oxygens (including phenoxy) is 1. The van der Waals surface area contributed by atoms with Crippen molar-refractivity contribution in [1.82, 2.24) is 10.3 Å². The van der Waals surface area contributed by atoms with Crippen molar-refractivity contribution in [2.75, 3.05) is 6.54 Å². The normalized spacial score (nSPS) is 9.54. The number of nitrogens with one attached hydrogen (secondary N) is 1. The number of alkyl carbamates (subject to hydrolysis) is 1. The summed E-state index contributed by atoms with van der Waals surface area (Å²) < 4.78 is 18.2. The number of halogens is 1. The van der Waals surface area contributed by atoms with E-state index in [1.807, 2.05) is 30.3 Å². The van der Waals surface area contributed by atoms with Crippen molar-refractivity contribution in [3.8, 4) is 11.8 Å². The smallest absolute Gasteiger partial charge is 0.408 e. The van der Waals surface area contributed by atoms with Gasteiger partial charge in [0, 0.05) is 0 Å². The highest BCUT2D eigenvalue weighted by atomic mass is 19.1. The Morgan fingerprint density at radius 2 is 2.04 bits per heavy atom. The van der Waals surface area contributed by atoms with Crippen molar-refractivity contribution in [1.29, 1.82) is 0 Å². The Kier molecular flexibility index (Phi) is 5.86. The molecule has 1 aromatic heterocycles. The predicted molar refractivity (Wildman–Crippen MR) is 82.7 cm³/mol. The van der Waals surface area contributed by atoms with Gasteiger partial charge in [-0.1, -0.05) is 36.3 Å². The summed E-state index contributed by atoms with van der Waals surface area (Å²) >= 11 is 0. The lowest BCUT2D eigenvalue weighted by molar-refractivity contribution is 0.0691. The number of pyridine rings is 1. The number of hydrogen-bond acceptors (Lipinski definition) is 4. The van der Waals surface area contributed by atoms with Gasteiger partial charge >= 0.3 is 12.1 Å². The van der Waals surface area contributed by atoms with Crippen LogP contribution in [0.25, 0.3) is 0 Å². The van der Waals surface area contributed by atoms with Crippen molar-refractivity contribution in [2.45, 2.75) is 6.61 Å². The van der Waals surface area contributed by atoms with Crippen molar-refractivity contribution < 1.29 is 23.8 Å². The highest BCUT2D eigenvalue weighted by Crippen LogP contribution is 2.07. The SMILES string of the molecule is O=C(NCC#Cc1cc(C(=O)O)c(F)cn1)OCc1ccccc1. The third-order valence-electron chi connectivity index (χ3n) is 2.84. The molecule has 0 fully saturated rings. The number of hydrogen-bond donors (Lipinski definition) is 2. The second-order valence-corrected chi connectivity index (χ2v) is 4.57. The number of carbonyl (C=O) groups is 2. The van der Waals surface area contributed by atoms with E-state index in [9.17, 15) is 14.0 Å². The number of rotatable bonds is 4. The van der Waals surface area contributed by atoms with Crippen LogP contribution in [-0.4, -0.2) is 28.7 Å². The lowest BCUT2D eigenvalue weighted by Crippen LogP contribution is -2.24.